The molecule has 13 rings (SSSR count). The summed E-state index contributed by atoms with van der Waals surface area (Å²) in [6.45, 7) is 9.66. The molecule has 56 heavy (non-hydrogen) atoms. The predicted molar refractivity (Wildman–Crippen MR) is 232 cm³/mol. The second-order valence-electron chi connectivity index (χ2n) is 19.6. The van der Waals surface area contributed by atoms with Gasteiger partial charge in [-0.3, -0.25) is 0 Å². The summed E-state index contributed by atoms with van der Waals surface area (Å²) in [5.41, 5.74) is 17.5. The zero-order valence-corrected chi connectivity index (χ0v) is 33.2. The number of furan rings is 1. The van der Waals surface area contributed by atoms with Crippen molar-refractivity contribution in [3.05, 3.63) is 150 Å². The average Bonchev–Trinajstić information content (AvgIpc) is 3.72. The number of nitrogens with zero attached hydrogens (tertiary/aromatic N) is 1. The summed E-state index contributed by atoms with van der Waals surface area (Å²) >= 11 is 0. The Labute approximate surface area is 331 Å². The first kappa shape index (κ1) is 33.1. The molecule has 4 bridgehead atoms. The summed E-state index contributed by atoms with van der Waals surface area (Å²) in [6.07, 6.45) is 9.56. The minimum Gasteiger partial charge on any atom is -0.456 e. The second-order valence-corrected chi connectivity index (χ2v) is 19.6. The standard InChI is InChI=1S/C54H51NO/c1-52(2)23-24-53(3,4)49-31-40(19-22-48(49)52)55(41-18-20-44-43-10-6-8-12-50(43)56-51(44)32-41)39-16-13-35(14-17-39)36-15-21-47-45(30-36)42-9-5-7-11-46(42)54(47)37-26-33-25-34(28-37)29-38(54)27-33/h5-22,30-34,37-38H,23-29H2,1-4H3. The maximum absolute atomic E-state index is 6.45. The van der Waals surface area contributed by atoms with Crippen molar-refractivity contribution in [1.82, 2.24) is 0 Å². The first-order valence-electron chi connectivity index (χ1n) is 21.4. The van der Waals surface area contributed by atoms with Crippen LogP contribution in [0.4, 0.5) is 17.1 Å². The van der Waals surface area contributed by atoms with Crippen LogP contribution < -0.4 is 4.90 Å². The molecular weight excluding hydrogens is 679 g/mol. The Hall–Kier alpha value is -5.08. The first-order chi connectivity index (χ1) is 27.2. The van der Waals surface area contributed by atoms with Gasteiger partial charge in [-0.05, 0) is 172 Å². The van der Waals surface area contributed by atoms with Gasteiger partial charge in [0.05, 0.1) is 0 Å². The van der Waals surface area contributed by atoms with E-state index in [2.05, 4.69) is 160 Å². The lowest BCUT2D eigenvalue weighted by Crippen LogP contribution is -2.55. The summed E-state index contributed by atoms with van der Waals surface area (Å²) < 4.78 is 6.45. The fourth-order valence-electron chi connectivity index (χ4n) is 13.2. The Bertz CT molecular complexity index is 2700. The van der Waals surface area contributed by atoms with Crippen LogP contribution in [0, 0.1) is 23.7 Å². The molecule has 6 aliphatic carbocycles. The molecule has 0 atom stereocenters. The molecule has 2 heteroatoms. The summed E-state index contributed by atoms with van der Waals surface area (Å²) in [5, 5.41) is 2.32. The fourth-order valence-corrected chi connectivity index (χ4v) is 13.2. The van der Waals surface area contributed by atoms with Crippen molar-refractivity contribution in [2.45, 2.75) is 88.9 Å². The van der Waals surface area contributed by atoms with Gasteiger partial charge in [-0.2, -0.15) is 0 Å². The topological polar surface area (TPSA) is 16.4 Å². The lowest BCUT2D eigenvalue weighted by Gasteiger charge is -2.61. The smallest absolute Gasteiger partial charge is 0.137 e. The molecule has 2 nitrogen and oxygen atoms in total. The monoisotopic (exact) mass is 729 g/mol. The van der Waals surface area contributed by atoms with E-state index in [1.807, 2.05) is 0 Å². The van der Waals surface area contributed by atoms with Crippen molar-refractivity contribution in [2.75, 3.05) is 4.90 Å². The normalized spacial score (nSPS) is 26.1. The number of anilines is 3. The highest BCUT2D eigenvalue weighted by Gasteiger charge is 2.61. The zero-order chi connectivity index (χ0) is 37.6. The van der Waals surface area contributed by atoms with Crippen molar-refractivity contribution in [3.63, 3.8) is 0 Å². The SMILES string of the molecule is CC1(C)CCC(C)(C)c2cc(N(c3ccc(-c4ccc5c(c4)-c4ccccc4C54C5CC6CC(C5)CC4C6)cc3)c3ccc4c(c3)oc3ccccc34)ccc21. The Balaban J connectivity index is 0.966. The molecule has 6 aliphatic rings. The summed E-state index contributed by atoms with van der Waals surface area (Å²) in [5.74, 6) is 3.49. The van der Waals surface area contributed by atoms with Crippen LogP contribution in [0.1, 0.15) is 94.9 Å². The van der Waals surface area contributed by atoms with Gasteiger partial charge in [-0.25, -0.2) is 0 Å². The molecule has 1 heterocycles. The fraction of sp³-hybridized carbons (Fsp3) is 0.333. The summed E-state index contributed by atoms with van der Waals surface area (Å²) in [4.78, 5) is 2.43. The van der Waals surface area contributed by atoms with E-state index in [0.717, 1.165) is 57.0 Å². The Morgan fingerprint density at radius 1 is 0.464 bits per heavy atom. The highest BCUT2D eigenvalue weighted by Crippen LogP contribution is 2.69. The lowest BCUT2D eigenvalue weighted by atomic mass is 9.43. The number of fused-ring (bicyclic) bond motifs is 7. The molecule has 4 fully saturated rings. The first-order valence-corrected chi connectivity index (χ1v) is 21.4. The van der Waals surface area contributed by atoms with Gasteiger partial charge in [0.25, 0.3) is 0 Å². The maximum Gasteiger partial charge on any atom is 0.137 e. The zero-order valence-electron chi connectivity index (χ0n) is 33.2. The van der Waals surface area contributed by atoms with E-state index in [4.69, 9.17) is 4.42 Å². The van der Waals surface area contributed by atoms with E-state index in [0.29, 0.717) is 0 Å². The molecule has 0 aliphatic heterocycles. The highest BCUT2D eigenvalue weighted by atomic mass is 16.3. The van der Waals surface area contributed by atoms with Crippen LogP contribution in [0.5, 0.6) is 0 Å². The van der Waals surface area contributed by atoms with Crippen LogP contribution in [0.15, 0.2) is 132 Å². The number of benzene rings is 6. The van der Waals surface area contributed by atoms with Crippen molar-refractivity contribution in [1.29, 1.82) is 0 Å². The third kappa shape index (κ3) is 4.56. The van der Waals surface area contributed by atoms with Crippen LogP contribution in [0.25, 0.3) is 44.2 Å². The third-order valence-corrected chi connectivity index (χ3v) is 15.7. The van der Waals surface area contributed by atoms with E-state index in [-0.39, 0.29) is 16.2 Å². The minimum atomic E-state index is 0.112. The second kappa shape index (κ2) is 11.5. The van der Waals surface area contributed by atoms with Gasteiger partial charge in [0.1, 0.15) is 11.2 Å². The van der Waals surface area contributed by atoms with Gasteiger partial charge in [0, 0.05) is 39.3 Å². The van der Waals surface area contributed by atoms with E-state index >= 15 is 0 Å². The van der Waals surface area contributed by atoms with Gasteiger partial charge in [0.15, 0.2) is 0 Å². The van der Waals surface area contributed by atoms with E-state index < -0.39 is 0 Å². The molecule has 1 spiro atoms. The third-order valence-electron chi connectivity index (χ3n) is 15.7. The number of rotatable bonds is 4. The highest BCUT2D eigenvalue weighted by molar-refractivity contribution is 6.06. The molecule has 7 aromatic rings. The van der Waals surface area contributed by atoms with Crippen LogP contribution >= 0.6 is 0 Å². The average molecular weight is 730 g/mol. The minimum absolute atomic E-state index is 0.112. The molecule has 0 unspecified atom stereocenters. The summed E-state index contributed by atoms with van der Waals surface area (Å²) in [7, 11) is 0. The molecule has 278 valence electrons. The number of hydrogen-bond donors (Lipinski definition) is 0. The molecule has 1 aromatic heterocycles. The van der Waals surface area contributed by atoms with Crippen LogP contribution in [0.3, 0.4) is 0 Å². The van der Waals surface area contributed by atoms with E-state index in [1.54, 1.807) is 11.1 Å². The van der Waals surface area contributed by atoms with Gasteiger partial charge in [-0.1, -0.05) is 100 Å². The number of para-hydroxylation sites is 1. The van der Waals surface area contributed by atoms with Crippen LogP contribution in [-0.4, -0.2) is 0 Å². The molecule has 4 saturated carbocycles. The van der Waals surface area contributed by atoms with Gasteiger partial charge >= 0.3 is 0 Å². The van der Waals surface area contributed by atoms with E-state index in [1.165, 1.54) is 84.0 Å². The van der Waals surface area contributed by atoms with Crippen molar-refractivity contribution in [3.8, 4) is 22.3 Å². The lowest BCUT2D eigenvalue weighted by molar-refractivity contribution is -0.0399. The quantitative estimate of drug-likeness (QED) is 0.179. The summed E-state index contributed by atoms with van der Waals surface area (Å²) in [6, 6.07) is 48.7. The Kier molecular flexibility index (Phi) is 6.80. The van der Waals surface area contributed by atoms with E-state index in [9.17, 15) is 0 Å². The van der Waals surface area contributed by atoms with Crippen LogP contribution in [-0.2, 0) is 16.2 Å². The van der Waals surface area contributed by atoms with Gasteiger partial charge < -0.3 is 9.32 Å². The van der Waals surface area contributed by atoms with Crippen LogP contribution in [0.2, 0.25) is 0 Å². The molecule has 0 N–H and O–H groups in total. The molecule has 6 aromatic carbocycles. The Morgan fingerprint density at radius 3 is 1.84 bits per heavy atom. The predicted octanol–water partition coefficient (Wildman–Crippen LogP) is 14.8. The van der Waals surface area contributed by atoms with Gasteiger partial charge in [0.2, 0.25) is 0 Å². The molecular formula is C54H51NO. The van der Waals surface area contributed by atoms with Crippen molar-refractivity contribution in [2.24, 2.45) is 23.7 Å². The number of hydrogen-bond acceptors (Lipinski definition) is 2. The largest absolute Gasteiger partial charge is 0.456 e. The van der Waals surface area contributed by atoms with Crippen molar-refractivity contribution >= 4 is 39.0 Å². The molecule has 0 radical (unpaired) electrons. The van der Waals surface area contributed by atoms with Crippen molar-refractivity contribution < 1.29 is 4.42 Å². The molecule has 0 amide bonds. The maximum atomic E-state index is 6.45. The molecule has 0 saturated heterocycles. The van der Waals surface area contributed by atoms with Gasteiger partial charge in [-0.15, -0.1) is 0 Å². The Morgan fingerprint density at radius 2 is 1.05 bits per heavy atom.